The fraction of sp³-hybridized carbons (Fsp3) is 0.900. The molecule has 0 aromatic heterocycles. The number of likely N-dealkylation sites (tertiary alicyclic amines) is 1. The Bertz CT molecular complexity index is 232. The summed E-state index contributed by atoms with van der Waals surface area (Å²) < 4.78 is 0. The monoisotopic (exact) mass is 197 g/mol. The summed E-state index contributed by atoms with van der Waals surface area (Å²) in [7, 11) is 0. The van der Waals surface area contributed by atoms with Crippen LogP contribution in [0.15, 0.2) is 4.99 Å². The van der Waals surface area contributed by atoms with Crippen LogP contribution >= 0.6 is 0 Å². The molecule has 4 heteroatoms. The van der Waals surface area contributed by atoms with Crippen LogP contribution < -0.4 is 5.32 Å². The third-order valence-corrected chi connectivity index (χ3v) is 3.24. The van der Waals surface area contributed by atoms with Gasteiger partial charge in [-0.05, 0) is 11.8 Å². The zero-order valence-electron chi connectivity index (χ0n) is 8.90. The Labute approximate surface area is 85.0 Å². The number of hydrogen-bond donors (Lipinski definition) is 2. The van der Waals surface area contributed by atoms with Gasteiger partial charge in [0.15, 0.2) is 5.96 Å². The summed E-state index contributed by atoms with van der Waals surface area (Å²) in [6.45, 7) is 7.91. The van der Waals surface area contributed by atoms with Crippen LogP contribution in [0.25, 0.3) is 0 Å². The Morgan fingerprint density at radius 1 is 1.36 bits per heavy atom. The van der Waals surface area contributed by atoms with E-state index in [4.69, 9.17) is 0 Å². The molecule has 2 N–H and O–H groups in total. The molecule has 1 fully saturated rings. The molecule has 2 rings (SSSR count). The van der Waals surface area contributed by atoms with Crippen LogP contribution in [0.4, 0.5) is 0 Å². The van der Waals surface area contributed by atoms with Crippen molar-refractivity contribution in [2.24, 2.45) is 16.8 Å². The number of aliphatic hydroxyl groups is 1. The summed E-state index contributed by atoms with van der Waals surface area (Å²) in [4.78, 5) is 6.64. The second kappa shape index (κ2) is 3.77. The largest absolute Gasteiger partial charge is 0.389 e. The van der Waals surface area contributed by atoms with Crippen LogP contribution in [-0.2, 0) is 0 Å². The number of guanidine groups is 1. The van der Waals surface area contributed by atoms with Crippen molar-refractivity contribution < 1.29 is 5.11 Å². The standard InChI is InChI=1S/C10H19N3O/c1-7-5-13(6-8(7)2)10-11-3-9(14)4-12-10/h7-9,14H,3-6H2,1-2H3,(H,11,12). The maximum absolute atomic E-state index is 9.29. The topological polar surface area (TPSA) is 47.9 Å². The molecule has 80 valence electrons. The van der Waals surface area contributed by atoms with E-state index in [2.05, 4.69) is 29.1 Å². The van der Waals surface area contributed by atoms with E-state index < -0.39 is 0 Å². The quantitative estimate of drug-likeness (QED) is 0.570. The van der Waals surface area contributed by atoms with Crippen LogP contribution in [0.5, 0.6) is 0 Å². The lowest BCUT2D eigenvalue weighted by atomic mass is 10.0. The lowest BCUT2D eigenvalue weighted by molar-refractivity contribution is 0.178. The average Bonchev–Trinajstić information content (AvgIpc) is 2.48. The van der Waals surface area contributed by atoms with E-state index in [1.165, 1.54) is 0 Å². The van der Waals surface area contributed by atoms with Crippen molar-refractivity contribution in [3.63, 3.8) is 0 Å². The molecule has 0 radical (unpaired) electrons. The molecule has 4 nitrogen and oxygen atoms in total. The van der Waals surface area contributed by atoms with Crippen LogP contribution in [0.1, 0.15) is 13.8 Å². The number of rotatable bonds is 0. The molecule has 0 amide bonds. The molecule has 3 unspecified atom stereocenters. The molecule has 0 bridgehead atoms. The lowest BCUT2D eigenvalue weighted by Crippen LogP contribution is -2.47. The third kappa shape index (κ3) is 1.85. The summed E-state index contributed by atoms with van der Waals surface area (Å²) in [5, 5.41) is 12.5. The highest BCUT2D eigenvalue weighted by Crippen LogP contribution is 2.22. The minimum atomic E-state index is -0.309. The van der Waals surface area contributed by atoms with E-state index in [0.29, 0.717) is 13.1 Å². The van der Waals surface area contributed by atoms with Gasteiger partial charge < -0.3 is 15.3 Å². The highest BCUT2D eigenvalue weighted by atomic mass is 16.3. The van der Waals surface area contributed by atoms with Gasteiger partial charge in [-0.1, -0.05) is 13.8 Å². The van der Waals surface area contributed by atoms with Gasteiger partial charge >= 0.3 is 0 Å². The number of nitrogens with one attached hydrogen (secondary N) is 1. The third-order valence-electron chi connectivity index (χ3n) is 3.24. The zero-order valence-corrected chi connectivity index (χ0v) is 8.90. The van der Waals surface area contributed by atoms with Crippen molar-refractivity contribution in [2.45, 2.75) is 20.0 Å². The second-order valence-electron chi connectivity index (χ2n) is 4.56. The molecular weight excluding hydrogens is 178 g/mol. The molecule has 0 aliphatic carbocycles. The minimum absolute atomic E-state index is 0.309. The highest BCUT2D eigenvalue weighted by molar-refractivity contribution is 5.80. The lowest BCUT2D eigenvalue weighted by Gasteiger charge is -2.26. The summed E-state index contributed by atoms with van der Waals surface area (Å²) in [5.41, 5.74) is 0. The molecule has 0 aromatic carbocycles. The number of β-amino-alcohol motifs (C(OH)–C–C–N with tert-alkyl or cyclic N) is 1. The van der Waals surface area contributed by atoms with Crippen LogP contribution in [0.2, 0.25) is 0 Å². The first-order chi connectivity index (χ1) is 6.66. The number of hydrogen-bond acceptors (Lipinski definition) is 4. The number of nitrogens with zero attached hydrogens (tertiary/aromatic N) is 2. The summed E-state index contributed by atoms with van der Waals surface area (Å²) in [6.07, 6.45) is -0.309. The molecule has 14 heavy (non-hydrogen) atoms. The SMILES string of the molecule is CC1CN(C2=NCC(O)CN2)CC1C. The zero-order chi connectivity index (χ0) is 10.1. The van der Waals surface area contributed by atoms with E-state index in [-0.39, 0.29) is 6.10 Å². The molecule has 0 spiro atoms. The summed E-state index contributed by atoms with van der Waals surface area (Å²) in [5.74, 6) is 2.46. The normalized spacial score (nSPS) is 38.1. The molecule has 0 aromatic rings. The maximum atomic E-state index is 9.29. The predicted octanol–water partition coefficient (Wildman–Crippen LogP) is -0.106. The minimum Gasteiger partial charge on any atom is -0.389 e. The molecule has 0 saturated carbocycles. The Balaban J connectivity index is 1.97. The van der Waals surface area contributed by atoms with Crippen molar-refractivity contribution in [2.75, 3.05) is 26.2 Å². The summed E-state index contributed by atoms with van der Waals surface area (Å²) >= 11 is 0. The average molecular weight is 197 g/mol. The molecule has 2 aliphatic heterocycles. The Morgan fingerprint density at radius 2 is 2.00 bits per heavy atom. The Morgan fingerprint density at radius 3 is 2.50 bits per heavy atom. The first kappa shape index (κ1) is 9.77. The van der Waals surface area contributed by atoms with Gasteiger partial charge in [-0.15, -0.1) is 0 Å². The van der Waals surface area contributed by atoms with Crippen LogP contribution in [0.3, 0.4) is 0 Å². The fourth-order valence-corrected chi connectivity index (χ4v) is 2.04. The van der Waals surface area contributed by atoms with Gasteiger partial charge in [0.25, 0.3) is 0 Å². The van der Waals surface area contributed by atoms with Crippen molar-refractivity contribution in [1.82, 2.24) is 10.2 Å². The van der Waals surface area contributed by atoms with Crippen molar-refractivity contribution in [1.29, 1.82) is 0 Å². The van der Waals surface area contributed by atoms with Gasteiger partial charge in [-0.25, -0.2) is 0 Å². The van der Waals surface area contributed by atoms with Crippen molar-refractivity contribution in [3.05, 3.63) is 0 Å². The van der Waals surface area contributed by atoms with E-state index in [1.807, 2.05) is 0 Å². The van der Waals surface area contributed by atoms with Crippen molar-refractivity contribution in [3.8, 4) is 0 Å². The van der Waals surface area contributed by atoms with E-state index in [9.17, 15) is 5.11 Å². The first-order valence-corrected chi connectivity index (χ1v) is 5.38. The molecule has 1 saturated heterocycles. The Hall–Kier alpha value is -0.770. The van der Waals surface area contributed by atoms with Gasteiger partial charge in [0.1, 0.15) is 0 Å². The molecule has 2 heterocycles. The van der Waals surface area contributed by atoms with E-state index in [1.54, 1.807) is 0 Å². The van der Waals surface area contributed by atoms with Gasteiger partial charge in [-0.3, -0.25) is 4.99 Å². The van der Waals surface area contributed by atoms with Gasteiger partial charge in [0.05, 0.1) is 12.6 Å². The predicted molar refractivity (Wildman–Crippen MR) is 56.2 cm³/mol. The highest BCUT2D eigenvalue weighted by Gasteiger charge is 2.29. The number of aliphatic imine (C=N–C) groups is 1. The summed E-state index contributed by atoms with van der Waals surface area (Å²) in [6, 6.07) is 0. The fourth-order valence-electron chi connectivity index (χ4n) is 2.04. The second-order valence-corrected chi connectivity index (χ2v) is 4.56. The van der Waals surface area contributed by atoms with Crippen LogP contribution in [0, 0.1) is 11.8 Å². The van der Waals surface area contributed by atoms with Gasteiger partial charge in [0.2, 0.25) is 0 Å². The molecule has 2 aliphatic rings. The molecule has 3 atom stereocenters. The van der Waals surface area contributed by atoms with Gasteiger partial charge in [-0.2, -0.15) is 0 Å². The Kier molecular flexibility index (Phi) is 2.63. The van der Waals surface area contributed by atoms with Crippen LogP contribution in [-0.4, -0.2) is 48.2 Å². The smallest absolute Gasteiger partial charge is 0.194 e. The number of aliphatic hydroxyl groups excluding tert-OH is 1. The van der Waals surface area contributed by atoms with E-state index >= 15 is 0 Å². The van der Waals surface area contributed by atoms with Crippen molar-refractivity contribution >= 4 is 5.96 Å². The molecular formula is C10H19N3O. The first-order valence-electron chi connectivity index (χ1n) is 5.38. The maximum Gasteiger partial charge on any atom is 0.194 e. The van der Waals surface area contributed by atoms with Gasteiger partial charge in [0, 0.05) is 19.6 Å². The van der Waals surface area contributed by atoms with E-state index in [0.717, 1.165) is 30.9 Å².